The van der Waals surface area contributed by atoms with Gasteiger partial charge in [0.15, 0.2) is 0 Å². The summed E-state index contributed by atoms with van der Waals surface area (Å²) in [4.78, 5) is 47.3. The lowest BCUT2D eigenvalue weighted by molar-refractivity contribution is -0.152. The van der Waals surface area contributed by atoms with Gasteiger partial charge in [0, 0.05) is 38.9 Å². The molecule has 0 bridgehead atoms. The number of hydrogen-bond donors (Lipinski definition) is 1. The fraction of sp³-hybridized carbons (Fsp3) is 0.636. The Balaban J connectivity index is 1.75. The van der Waals surface area contributed by atoms with Gasteiger partial charge in [0.05, 0.1) is 5.92 Å². The first-order valence-electron chi connectivity index (χ1n) is 5.83. The normalized spacial score (nSPS) is 20.2. The number of rotatable bonds is 4. The summed E-state index contributed by atoms with van der Waals surface area (Å²) in [6, 6.07) is 0. The van der Waals surface area contributed by atoms with Crippen LogP contribution in [0.2, 0.25) is 0 Å². The number of carboxylic acid groups (broad SMARTS) is 1. The van der Waals surface area contributed by atoms with Crippen molar-refractivity contribution >= 4 is 23.7 Å². The summed E-state index contributed by atoms with van der Waals surface area (Å²) in [5.41, 5.74) is 0. The molecule has 7 nitrogen and oxygen atoms in total. The third kappa shape index (κ3) is 2.34. The molecule has 0 radical (unpaired) electrons. The smallest absolute Gasteiger partial charge is 0.310 e. The number of carbonyl (C=O) groups excluding carboxylic acids is 3. The second-order valence-electron chi connectivity index (χ2n) is 4.52. The van der Waals surface area contributed by atoms with Crippen LogP contribution in [0, 0.1) is 5.92 Å². The third-order valence-electron chi connectivity index (χ3n) is 3.29. The molecule has 0 atom stereocenters. The van der Waals surface area contributed by atoms with Crippen molar-refractivity contribution in [2.75, 3.05) is 19.6 Å². The number of carbonyl (C=O) groups is 4. The molecule has 2 heterocycles. The van der Waals surface area contributed by atoms with E-state index < -0.39 is 11.9 Å². The van der Waals surface area contributed by atoms with E-state index in [2.05, 4.69) is 0 Å². The highest BCUT2D eigenvalue weighted by atomic mass is 16.4. The maximum Gasteiger partial charge on any atom is 0.310 e. The second-order valence-corrected chi connectivity index (χ2v) is 4.52. The highest BCUT2D eigenvalue weighted by Gasteiger charge is 2.36. The third-order valence-corrected chi connectivity index (χ3v) is 3.29. The van der Waals surface area contributed by atoms with Crippen molar-refractivity contribution in [3.05, 3.63) is 0 Å². The van der Waals surface area contributed by atoms with Crippen LogP contribution in [-0.4, -0.2) is 58.2 Å². The summed E-state index contributed by atoms with van der Waals surface area (Å²) < 4.78 is 0. The molecule has 3 amide bonds. The van der Waals surface area contributed by atoms with Gasteiger partial charge in [-0.25, -0.2) is 0 Å². The van der Waals surface area contributed by atoms with E-state index in [0.717, 1.165) is 4.90 Å². The predicted octanol–water partition coefficient (Wildman–Crippen LogP) is -0.931. The molecule has 0 aromatic rings. The van der Waals surface area contributed by atoms with Crippen LogP contribution in [0.25, 0.3) is 0 Å². The van der Waals surface area contributed by atoms with Gasteiger partial charge in [0.25, 0.3) is 0 Å². The van der Waals surface area contributed by atoms with Crippen LogP contribution >= 0.6 is 0 Å². The monoisotopic (exact) mass is 254 g/mol. The minimum Gasteiger partial charge on any atom is -0.481 e. The highest BCUT2D eigenvalue weighted by Crippen LogP contribution is 2.18. The highest BCUT2D eigenvalue weighted by molar-refractivity contribution is 6.02. The first-order chi connectivity index (χ1) is 8.49. The van der Waals surface area contributed by atoms with Crippen LogP contribution in [0.5, 0.6) is 0 Å². The summed E-state index contributed by atoms with van der Waals surface area (Å²) >= 11 is 0. The van der Waals surface area contributed by atoms with Crippen molar-refractivity contribution in [3.8, 4) is 0 Å². The lowest BCUT2D eigenvalue weighted by Gasteiger charge is -2.36. The Morgan fingerprint density at radius 1 is 1.17 bits per heavy atom. The van der Waals surface area contributed by atoms with E-state index in [-0.39, 0.29) is 56.6 Å². The number of nitrogens with zero attached hydrogens (tertiary/aromatic N) is 2. The number of hydrogen-bond acceptors (Lipinski definition) is 4. The number of likely N-dealkylation sites (tertiary alicyclic amines) is 2. The Labute approximate surface area is 103 Å². The van der Waals surface area contributed by atoms with Gasteiger partial charge in [-0.05, 0) is 0 Å². The number of amides is 3. The van der Waals surface area contributed by atoms with Gasteiger partial charge < -0.3 is 10.0 Å². The van der Waals surface area contributed by atoms with Gasteiger partial charge in [-0.2, -0.15) is 0 Å². The van der Waals surface area contributed by atoms with Gasteiger partial charge in [0.1, 0.15) is 0 Å². The molecule has 2 saturated heterocycles. The van der Waals surface area contributed by atoms with Crippen molar-refractivity contribution in [2.45, 2.75) is 19.3 Å². The number of imide groups is 1. The van der Waals surface area contributed by atoms with E-state index in [0.29, 0.717) is 0 Å². The molecule has 0 unspecified atom stereocenters. The minimum atomic E-state index is -0.899. The minimum absolute atomic E-state index is 0.0732. The Morgan fingerprint density at radius 2 is 1.72 bits per heavy atom. The molecule has 0 saturated carbocycles. The van der Waals surface area contributed by atoms with Crippen LogP contribution in [-0.2, 0) is 19.2 Å². The average molecular weight is 254 g/mol. The molecule has 0 aliphatic carbocycles. The maximum atomic E-state index is 11.6. The maximum absolute atomic E-state index is 11.6. The summed E-state index contributed by atoms with van der Waals surface area (Å²) in [7, 11) is 0. The van der Waals surface area contributed by atoms with E-state index in [1.54, 1.807) is 0 Å². The molecule has 2 aliphatic rings. The van der Waals surface area contributed by atoms with Crippen LogP contribution in [0.4, 0.5) is 0 Å². The van der Waals surface area contributed by atoms with E-state index in [1.165, 1.54) is 4.90 Å². The lowest BCUT2D eigenvalue weighted by atomic mass is 10.0. The molecule has 2 aliphatic heterocycles. The predicted molar refractivity (Wildman–Crippen MR) is 58.3 cm³/mol. The quantitative estimate of drug-likeness (QED) is 0.654. The molecule has 98 valence electrons. The first-order valence-corrected chi connectivity index (χ1v) is 5.83. The van der Waals surface area contributed by atoms with Crippen molar-refractivity contribution < 1.29 is 24.3 Å². The Kier molecular flexibility index (Phi) is 3.31. The zero-order valence-electron chi connectivity index (χ0n) is 9.79. The first kappa shape index (κ1) is 12.5. The van der Waals surface area contributed by atoms with E-state index in [1.807, 2.05) is 0 Å². The molecular weight excluding hydrogens is 240 g/mol. The SMILES string of the molecule is O=C(O)C1CN(C(=O)CCN2C(=O)CCC2=O)C1. The van der Waals surface area contributed by atoms with Gasteiger partial charge in [-0.15, -0.1) is 0 Å². The van der Waals surface area contributed by atoms with Crippen LogP contribution in [0.1, 0.15) is 19.3 Å². The van der Waals surface area contributed by atoms with Crippen molar-refractivity contribution in [2.24, 2.45) is 5.92 Å². The largest absolute Gasteiger partial charge is 0.481 e. The van der Waals surface area contributed by atoms with Crippen molar-refractivity contribution in [3.63, 3.8) is 0 Å². The average Bonchev–Trinajstić information content (AvgIpc) is 2.53. The van der Waals surface area contributed by atoms with Gasteiger partial charge in [0.2, 0.25) is 17.7 Å². The number of carboxylic acids is 1. The Hall–Kier alpha value is -1.92. The zero-order chi connectivity index (χ0) is 13.3. The summed E-state index contributed by atoms with van der Waals surface area (Å²) in [6.45, 7) is 0.539. The second kappa shape index (κ2) is 4.75. The lowest BCUT2D eigenvalue weighted by Crippen LogP contribution is -2.53. The summed E-state index contributed by atoms with van der Waals surface area (Å²) in [5.74, 6) is -2.06. The fourth-order valence-electron chi connectivity index (χ4n) is 2.08. The van der Waals surface area contributed by atoms with Crippen LogP contribution in [0.3, 0.4) is 0 Å². The topological polar surface area (TPSA) is 95.0 Å². The Morgan fingerprint density at radius 3 is 2.22 bits per heavy atom. The Bertz CT molecular complexity index is 398. The van der Waals surface area contributed by atoms with E-state index in [4.69, 9.17) is 5.11 Å². The van der Waals surface area contributed by atoms with Gasteiger partial charge in [-0.1, -0.05) is 0 Å². The molecule has 0 aromatic carbocycles. The molecule has 18 heavy (non-hydrogen) atoms. The molecular formula is C11H14N2O5. The van der Waals surface area contributed by atoms with E-state index >= 15 is 0 Å². The summed E-state index contributed by atoms with van der Waals surface area (Å²) in [6.07, 6.45) is 0.513. The van der Waals surface area contributed by atoms with E-state index in [9.17, 15) is 19.2 Å². The van der Waals surface area contributed by atoms with Crippen LogP contribution in [0.15, 0.2) is 0 Å². The zero-order valence-corrected chi connectivity index (χ0v) is 9.79. The van der Waals surface area contributed by atoms with Crippen molar-refractivity contribution in [1.29, 1.82) is 0 Å². The summed E-state index contributed by atoms with van der Waals surface area (Å²) in [5, 5.41) is 8.67. The molecule has 7 heteroatoms. The molecule has 2 fully saturated rings. The van der Waals surface area contributed by atoms with Crippen LogP contribution < -0.4 is 0 Å². The molecule has 1 N–H and O–H groups in total. The molecule has 0 aromatic heterocycles. The fourth-order valence-corrected chi connectivity index (χ4v) is 2.08. The standard InChI is InChI=1S/C11H14N2O5/c14-8(12-5-7(6-12)11(17)18)3-4-13-9(15)1-2-10(13)16/h7H,1-6H2,(H,17,18). The van der Waals surface area contributed by atoms with Gasteiger partial charge in [-0.3, -0.25) is 24.1 Å². The molecule has 2 rings (SSSR count). The number of aliphatic carboxylic acids is 1. The van der Waals surface area contributed by atoms with Gasteiger partial charge >= 0.3 is 5.97 Å². The molecule has 0 spiro atoms. The van der Waals surface area contributed by atoms with Crippen molar-refractivity contribution in [1.82, 2.24) is 9.80 Å².